The first-order valence-electron chi connectivity index (χ1n) is 6.18. The van der Waals surface area contributed by atoms with E-state index in [1.54, 1.807) is 12.1 Å². The zero-order valence-corrected chi connectivity index (χ0v) is 12.9. The van der Waals surface area contributed by atoms with Gasteiger partial charge in [-0.05, 0) is 12.1 Å². The largest absolute Gasteiger partial charge is 0.471 e. The summed E-state index contributed by atoms with van der Waals surface area (Å²) in [6.07, 6.45) is -4.69. The van der Waals surface area contributed by atoms with Crippen LogP contribution in [0.15, 0.2) is 16.7 Å². The first-order valence-corrected chi connectivity index (χ1v) is 7.00. The van der Waals surface area contributed by atoms with Crippen LogP contribution in [0.25, 0.3) is 10.7 Å². The Morgan fingerprint density at radius 1 is 1.39 bits per heavy atom. The molecule has 0 spiro atoms. The standard InChI is InChI=1S/C12H12F3N3O4S/c1-20-6-9(19)18(21-2)5-7-3-4-8(23-7)10-16-11(22-17-10)12(13,14)15/h3-4H,5-6H2,1-2H3. The van der Waals surface area contributed by atoms with Gasteiger partial charge in [-0.25, -0.2) is 5.06 Å². The summed E-state index contributed by atoms with van der Waals surface area (Å²) in [4.78, 5) is 21.0. The molecule has 0 saturated heterocycles. The molecular weight excluding hydrogens is 339 g/mol. The molecule has 2 rings (SSSR count). The summed E-state index contributed by atoms with van der Waals surface area (Å²) in [5, 5.41) is 4.38. The van der Waals surface area contributed by atoms with E-state index in [-0.39, 0.29) is 24.9 Å². The van der Waals surface area contributed by atoms with E-state index in [4.69, 9.17) is 9.57 Å². The van der Waals surface area contributed by atoms with E-state index in [0.717, 1.165) is 16.4 Å². The van der Waals surface area contributed by atoms with Crippen LogP contribution in [0.4, 0.5) is 13.2 Å². The lowest BCUT2D eigenvalue weighted by atomic mass is 10.4. The van der Waals surface area contributed by atoms with Crippen LogP contribution in [0.2, 0.25) is 0 Å². The van der Waals surface area contributed by atoms with E-state index in [1.165, 1.54) is 14.2 Å². The molecular formula is C12H12F3N3O4S. The van der Waals surface area contributed by atoms with E-state index in [1.807, 2.05) is 0 Å². The molecule has 126 valence electrons. The van der Waals surface area contributed by atoms with E-state index in [0.29, 0.717) is 9.75 Å². The van der Waals surface area contributed by atoms with Gasteiger partial charge in [0.1, 0.15) is 6.61 Å². The van der Waals surface area contributed by atoms with Crippen molar-refractivity contribution in [3.8, 4) is 10.7 Å². The zero-order valence-electron chi connectivity index (χ0n) is 12.1. The summed E-state index contributed by atoms with van der Waals surface area (Å²) in [6.45, 7) is -0.0286. The van der Waals surface area contributed by atoms with Gasteiger partial charge in [-0.3, -0.25) is 9.63 Å². The molecule has 0 N–H and O–H groups in total. The molecule has 7 nitrogen and oxygen atoms in total. The number of hydrogen-bond donors (Lipinski definition) is 0. The lowest BCUT2D eigenvalue weighted by molar-refractivity contribution is -0.182. The Morgan fingerprint density at radius 2 is 2.13 bits per heavy atom. The van der Waals surface area contributed by atoms with Crippen LogP contribution in [-0.2, 0) is 27.1 Å². The van der Waals surface area contributed by atoms with Gasteiger partial charge in [-0.2, -0.15) is 18.2 Å². The van der Waals surface area contributed by atoms with Gasteiger partial charge in [0.2, 0.25) is 5.82 Å². The normalized spacial score (nSPS) is 11.7. The average molecular weight is 351 g/mol. The molecule has 2 aromatic rings. The number of rotatable bonds is 6. The van der Waals surface area contributed by atoms with Crippen LogP contribution >= 0.6 is 11.3 Å². The molecule has 0 saturated carbocycles. The number of alkyl halides is 3. The molecule has 0 unspecified atom stereocenters. The van der Waals surface area contributed by atoms with E-state index >= 15 is 0 Å². The number of carbonyl (C=O) groups is 1. The van der Waals surface area contributed by atoms with Crippen molar-refractivity contribution < 1.29 is 32.1 Å². The van der Waals surface area contributed by atoms with Crippen LogP contribution in [-0.4, -0.2) is 41.9 Å². The minimum Gasteiger partial charge on any atom is -0.375 e. The van der Waals surface area contributed by atoms with Crippen LogP contribution in [0.5, 0.6) is 0 Å². The predicted octanol–water partition coefficient (Wildman–Crippen LogP) is 2.35. The molecule has 0 aliphatic carbocycles. The summed E-state index contributed by atoms with van der Waals surface area (Å²) < 4.78 is 46.2. The van der Waals surface area contributed by atoms with Gasteiger partial charge in [0.05, 0.1) is 18.5 Å². The summed E-state index contributed by atoms with van der Waals surface area (Å²) in [5.41, 5.74) is 0. The second-order valence-corrected chi connectivity index (χ2v) is 5.40. The molecule has 0 radical (unpaired) electrons. The molecule has 0 atom stereocenters. The summed E-state index contributed by atoms with van der Waals surface area (Å²) in [7, 11) is 2.71. The average Bonchev–Trinajstić information content (AvgIpc) is 3.13. The van der Waals surface area contributed by atoms with Crippen molar-refractivity contribution >= 4 is 17.2 Å². The number of nitrogens with zero attached hydrogens (tertiary/aromatic N) is 3. The van der Waals surface area contributed by atoms with Crippen molar-refractivity contribution in [2.24, 2.45) is 0 Å². The minimum atomic E-state index is -4.69. The minimum absolute atomic E-state index is 0.118. The number of aromatic nitrogens is 2. The number of methoxy groups -OCH3 is 1. The van der Waals surface area contributed by atoms with E-state index < -0.39 is 12.1 Å². The Kier molecular flexibility index (Phi) is 5.34. The van der Waals surface area contributed by atoms with Crippen molar-refractivity contribution in [2.45, 2.75) is 12.7 Å². The van der Waals surface area contributed by atoms with Gasteiger partial charge in [-0.1, -0.05) is 5.16 Å². The van der Waals surface area contributed by atoms with Crippen LogP contribution in [0.1, 0.15) is 10.8 Å². The molecule has 23 heavy (non-hydrogen) atoms. The fraction of sp³-hybridized carbons (Fsp3) is 0.417. The van der Waals surface area contributed by atoms with Crippen molar-refractivity contribution in [3.63, 3.8) is 0 Å². The third kappa shape index (κ3) is 4.27. The topological polar surface area (TPSA) is 77.7 Å². The first-order chi connectivity index (χ1) is 10.8. The number of carbonyl (C=O) groups excluding carboxylic acids is 1. The molecule has 2 aromatic heterocycles. The van der Waals surface area contributed by atoms with Crippen molar-refractivity contribution in [3.05, 3.63) is 22.9 Å². The Hall–Kier alpha value is -1.98. The quantitative estimate of drug-likeness (QED) is 0.744. The molecule has 0 aliphatic rings. The van der Waals surface area contributed by atoms with Gasteiger partial charge in [-0.15, -0.1) is 11.3 Å². The lowest BCUT2D eigenvalue weighted by Gasteiger charge is -2.18. The number of halogens is 3. The van der Waals surface area contributed by atoms with Crippen LogP contribution < -0.4 is 0 Å². The van der Waals surface area contributed by atoms with Gasteiger partial charge in [0, 0.05) is 12.0 Å². The predicted molar refractivity (Wildman–Crippen MR) is 72.0 cm³/mol. The number of thiophene rings is 1. The molecule has 2 heterocycles. The van der Waals surface area contributed by atoms with E-state index in [9.17, 15) is 18.0 Å². The van der Waals surface area contributed by atoms with Crippen molar-refractivity contribution in [1.82, 2.24) is 15.2 Å². The highest BCUT2D eigenvalue weighted by Crippen LogP contribution is 2.32. The highest BCUT2D eigenvalue weighted by atomic mass is 32.1. The Morgan fingerprint density at radius 3 is 2.70 bits per heavy atom. The number of hydroxylamine groups is 2. The maximum Gasteiger partial charge on any atom is 0.471 e. The maximum atomic E-state index is 12.4. The second kappa shape index (κ2) is 7.06. The van der Waals surface area contributed by atoms with E-state index in [2.05, 4.69) is 14.7 Å². The SMILES string of the molecule is COCC(=O)N(Cc1ccc(-c2noc(C(F)(F)F)n2)s1)OC. The summed E-state index contributed by atoms with van der Waals surface area (Å²) in [5.74, 6) is -1.96. The zero-order chi connectivity index (χ0) is 17.0. The van der Waals surface area contributed by atoms with Crippen molar-refractivity contribution in [1.29, 1.82) is 0 Å². The van der Waals surface area contributed by atoms with Gasteiger partial charge in [0.15, 0.2) is 0 Å². The highest BCUT2D eigenvalue weighted by Gasteiger charge is 2.38. The molecule has 11 heteroatoms. The van der Waals surface area contributed by atoms with Crippen LogP contribution in [0, 0.1) is 0 Å². The Bertz CT molecular complexity index is 671. The van der Waals surface area contributed by atoms with Crippen LogP contribution in [0.3, 0.4) is 0 Å². The van der Waals surface area contributed by atoms with Gasteiger partial charge < -0.3 is 9.26 Å². The summed E-state index contributed by atoms with van der Waals surface area (Å²) >= 11 is 1.12. The van der Waals surface area contributed by atoms with Gasteiger partial charge in [0.25, 0.3) is 5.91 Å². The first kappa shape index (κ1) is 17.4. The number of amides is 1. The summed E-state index contributed by atoms with van der Waals surface area (Å²) in [6, 6.07) is 3.18. The van der Waals surface area contributed by atoms with Gasteiger partial charge >= 0.3 is 12.1 Å². The highest BCUT2D eigenvalue weighted by molar-refractivity contribution is 7.15. The van der Waals surface area contributed by atoms with Crippen molar-refractivity contribution in [2.75, 3.05) is 20.8 Å². The molecule has 0 aliphatic heterocycles. The number of ether oxygens (including phenoxy) is 1. The lowest BCUT2D eigenvalue weighted by Crippen LogP contribution is -2.32. The monoisotopic (exact) mass is 351 g/mol. The Labute approximate surface area is 132 Å². The fourth-order valence-electron chi connectivity index (χ4n) is 1.61. The molecule has 0 bridgehead atoms. The molecule has 0 aromatic carbocycles. The second-order valence-electron chi connectivity index (χ2n) is 4.23. The third-order valence-corrected chi connectivity index (χ3v) is 3.68. The Balaban J connectivity index is 2.11. The third-order valence-electron chi connectivity index (χ3n) is 2.62. The maximum absolute atomic E-state index is 12.4. The smallest absolute Gasteiger partial charge is 0.375 e. The number of hydrogen-bond acceptors (Lipinski definition) is 7. The fourth-order valence-corrected chi connectivity index (χ4v) is 2.52. The molecule has 1 amide bonds. The molecule has 0 fully saturated rings.